The molecule has 0 fully saturated rings. The predicted octanol–water partition coefficient (Wildman–Crippen LogP) is 14.9. The average Bonchev–Trinajstić information content (AvgIpc) is 3.35. The number of halogens is 1. The van der Waals surface area contributed by atoms with E-state index in [9.17, 15) is 14.4 Å². The molecular formula is C62H73IO7Si. The number of esters is 3. The smallest absolute Gasteiger partial charge is 0.338 e. The Hall–Kier alpha value is -5.72. The lowest BCUT2D eigenvalue weighted by atomic mass is 10.0. The van der Waals surface area contributed by atoms with Gasteiger partial charge >= 0.3 is 17.9 Å². The Kier molecular flexibility index (Phi) is 26.3. The third-order valence-electron chi connectivity index (χ3n) is 11.0. The topological polar surface area (TPSA) is 88.1 Å². The molecule has 4 rings (SSSR count). The highest BCUT2D eigenvalue weighted by Gasteiger charge is 2.14. The third kappa shape index (κ3) is 23.4. The fraction of sp³-hybridized carbons (Fsp3) is 0.435. The van der Waals surface area contributed by atoms with Crippen LogP contribution in [0.3, 0.4) is 0 Å². The summed E-state index contributed by atoms with van der Waals surface area (Å²) in [7, 11) is -1.65. The minimum absolute atomic E-state index is 0.310. The summed E-state index contributed by atoms with van der Waals surface area (Å²) in [5.41, 5.74) is 8.97. The molecular weight excluding hydrogens is 1010 g/mol. The summed E-state index contributed by atoms with van der Waals surface area (Å²) in [4.78, 5) is 40.0. The molecule has 0 aliphatic heterocycles. The molecule has 0 heterocycles. The Morgan fingerprint density at radius 1 is 0.394 bits per heavy atom. The molecule has 7 nitrogen and oxygen atoms in total. The van der Waals surface area contributed by atoms with E-state index in [4.69, 9.17) is 18.9 Å². The van der Waals surface area contributed by atoms with Crippen LogP contribution in [0.5, 0.6) is 5.75 Å². The first-order valence-corrected chi connectivity index (χ1v) is 30.4. The maximum absolute atomic E-state index is 13.6. The molecule has 0 amide bonds. The zero-order valence-corrected chi connectivity index (χ0v) is 46.5. The van der Waals surface area contributed by atoms with Crippen molar-refractivity contribution in [2.75, 3.05) is 26.4 Å². The molecule has 0 atom stereocenters. The van der Waals surface area contributed by atoms with E-state index in [0.29, 0.717) is 70.9 Å². The highest BCUT2D eigenvalue weighted by atomic mass is 127. The standard InChI is InChI=1S/C62H73IO7Si/c1-8-12-16-20-31-67-59-45-52(38-54(46-59)30-35-71(5,6)7)28-26-50-36-48(39-55(41-50)60(64)68-32-21-17-13-9-2)24-25-49-37-51(42-56(40-49)61(65)69-33-22-18-14-10-3)27-29-53-43-57(47-58(63)44-53)62(66)70-34-23-19-15-11-4/h36-47H,8-23,31-34H2,1-7H3. The van der Waals surface area contributed by atoms with Gasteiger partial charge in [0.2, 0.25) is 0 Å². The van der Waals surface area contributed by atoms with Crippen LogP contribution < -0.4 is 4.74 Å². The van der Waals surface area contributed by atoms with E-state index in [-0.39, 0.29) is 5.97 Å². The second-order valence-corrected chi connectivity index (χ2v) is 24.8. The quantitative estimate of drug-likeness (QED) is 0.0172. The van der Waals surface area contributed by atoms with E-state index < -0.39 is 20.0 Å². The van der Waals surface area contributed by atoms with Crippen molar-refractivity contribution < 1.29 is 33.3 Å². The summed E-state index contributed by atoms with van der Waals surface area (Å²) in [6, 6.07) is 21.8. The first-order valence-electron chi connectivity index (χ1n) is 25.8. The maximum atomic E-state index is 13.6. The second kappa shape index (κ2) is 32.3. The number of carbonyl (C=O) groups is 3. The lowest BCUT2D eigenvalue weighted by Crippen LogP contribution is -2.16. The molecule has 0 saturated heterocycles. The fourth-order valence-corrected chi connectivity index (χ4v) is 8.32. The van der Waals surface area contributed by atoms with Crippen molar-refractivity contribution in [2.24, 2.45) is 0 Å². The van der Waals surface area contributed by atoms with Crippen molar-refractivity contribution in [3.05, 3.63) is 132 Å². The first kappa shape index (κ1) is 57.9. The molecule has 0 aliphatic carbocycles. The van der Waals surface area contributed by atoms with Gasteiger partial charge in [-0.25, -0.2) is 14.4 Å². The molecule has 0 unspecified atom stereocenters. The van der Waals surface area contributed by atoms with Gasteiger partial charge in [-0.1, -0.05) is 166 Å². The molecule has 0 aliphatic rings. The van der Waals surface area contributed by atoms with E-state index in [0.717, 1.165) is 117 Å². The summed E-state index contributed by atoms with van der Waals surface area (Å²) in [5.74, 6) is 22.3. The summed E-state index contributed by atoms with van der Waals surface area (Å²) in [5, 5.41) is 0. The summed E-state index contributed by atoms with van der Waals surface area (Å²) < 4.78 is 24.1. The van der Waals surface area contributed by atoms with E-state index in [1.165, 1.54) is 6.42 Å². The van der Waals surface area contributed by atoms with Crippen LogP contribution in [0.25, 0.3) is 0 Å². The van der Waals surface area contributed by atoms with Gasteiger partial charge in [-0.2, -0.15) is 0 Å². The normalized spacial score (nSPS) is 10.5. The Morgan fingerprint density at radius 3 is 1.06 bits per heavy atom. The van der Waals surface area contributed by atoms with Crippen LogP contribution in [-0.2, 0) is 14.2 Å². The molecule has 71 heavy (non-hydrogen) atoms. The Labute approximate surface area is 440 Å². The fourth-order valence-electron chi connectivity index (χ4n) is 7.13. The van der Waals surface area contributed by atoms with Gasteiger partial charge in [-0.15, -0.1) is 5.54 Å². The number of ether oxygens (including phenoxy) is 4. The number of hydrogen-bond acceptors (Lipinski definition) is 7. The minimum Gasteiger partial charge on any atom is -0.494 e. The van der Waals surface area contributed by atoms with Crippen LogP contribution >= 0.6 is 22.6 Å². The van der Waals surface area contributed by atoms with Crippen LogP contribution in [0.15, 0.2) is 72.8 Å². The lowest BCUT2D eigenvalue weighted by Gasteiger charge is -2.08. The van der Waals surface area contributed by atoms with Crippen LogP contribution in [0.1, 0.15) is 200 Å². The van der Waals surface area contributed by atoms with Gasteiger partial charge in [0.1, 0.15) is 13.8 Å². The molecule has 0 bridgehead atoms. The second-order valence-electron chi connectivity index (χ2n) is 18.8. The van der Waals surface area contributed by atoms with Gasteiger partial charge in [-0.3, -0.25) is 0 Å². The van der Waals surface area contributed by atoms with Crippen LogP contribution in [0.2, 0.25) is 19.6 Å². The average molecular weight is 1090 g/mol. The summed E-state index contributed by atoms with van der Waals surface area (Å²) in [6.45, 7) is 16.9. The number of carbonyl (C=O) groups excluding carboxylic acids is 3. The first-order chi connectivity index (χ1) is 34.3. The zero-order valence-electron chi connectivity index (χ0n) is 43.3. The van der Waals surface area contributed by atoms with Crippen LogP contribution in [0, 0.1) is 50.6 Å². The van der Waals surface area contributed by atoms with Crippen molar-refractivity contribution in [1.29, 1.82) is 0 Å². The van der Waals surface area contributed by atoms with Gasteiger partial charge in [0.25, 0.3) is 0 Å². The molecule has 0 radical (unpaired) electrons. The Morgan fingerprint density at radius 2 is 0.704 bits per heavy atom. The van der Waals surface area contributed by atoms with Gasteiger partial charge in [0.15, 0.2) is 0 Å². The molecule has 374 valence electrons. The highest BCUT2D eigenvalue weighted by molar-refractivity contribution is 14.1. The number of rotatable bonds is 24. The van der Waals surface area contributed by atoms with E-state index in [1.807, 2.05) is 36.4 Å². The summed E-state index contributed by atoms with van der Waals surface area (Å²) >= 11 is 2.17. The predicted molar refractivity (Wildman–Crippen MR) is 300 cm³/mol. The van der Waals surface area contributed by atoms with E-state index >= 15 is 0 Å². The van der Waals surface area contributed by atoms with Crippen molar-refractivity contribution in [2.45, 2.75) is 150 Å². The number of hydrogen-bond donors (Lipinski definition) is 0. The van der Waals surface area contributed by atoms with Crippen molar-refractivity contribution >= 4 is 48.6 Å². The van der Waals surface area contributed by atoms with Crippen molar-refractivity contribution in [1.82, 2.24) is 0 Å². The number of benzene rings is 4. The molecule has 0 spiro atoms. The maximum Gasteiger partial charge on any atom is 0.338 e. The minimum atomic E-state index is -1.65. The monoisotopic (exact) mass is 1080 g/mol. The molecule has 0 aromatic heterocycles. The molecule has 0 saturated carbocycles. The molecule has 0 N–H and O–H groups in total. The van der Waals surface area contributed by atoms with E-state index in [2.05, 4.69) is 117 Å². The van der Waals surface area contributed by atoms with Crippen molar-refractivity contribution in [3.8, 4) is 52.7 Å². The Bertz CT molecular complexity index is 2650. The largest absolute Gasteiger partial charge is 0.494 e. The molecule has 9 heteroatoms. The number of unbranched alkanes of at least 4 members (excludes halogenated alkanes) is 12. The molecule has 4 aromatic carbocycles. The van der Waals surface area contributed by atoms with Gasteiger partial charge in [-0.05, 0) is 121 Å². The SMILES string of the molecule is CCCCCCOC(=O)c1cc(I)cc(C#Cc2cc(C#Cc3cc(C#Cc4cc(C#C[Si](C)(C)C)cc(OCCCCCC)c4)cc(C(=O)OCCCCCC)c3)cc(C(=O)OCCCCCC)c2)c1. The lowest BCUT2D eigenvalue weighted by molar-refractivity contribution is 0.0488. The van der Waals surface area contributed by atoms with E-state index in [1.54, 1.807) is 36.4 Å². The Balaban J connectivity index is 1.76. The van der Waals surface area contributed by atoms with Gasteiger partial charge in [0.05, 0.1) is 43.1 Å². The summed E-state index contributed by atoms with van der Waals surface area (Å²) in [6.07, 6.45) is 16.3. The van der Waals surface area contributed by atoms with Gasteiger partial charge < -0.3 is 18.9 Å². The van der Waals surface area contributed by atoms with Crippen molar-refractivity contribution in [3.63, 3.8) is 0 Å². The van der Waals surface area contributed by atoms with Gasteiger partial charge in [0, 0.05) is 42.5 Å². The van der Waals surface area contributed by atoms with Crippen LogP contribution in [-0.4, -0.2) is 52.4 Å². The third-order valence-corrected chi connectivity index (χ3v) is 12.5. The van der Waals surface area contributed by atoms with Crippen LogP contribution in [0.4, 0.5) is 0 Å². The molecule has 4 aromatic rings. The zero-order chi connectivity index (χ0) is 51.3. The highest BCUT2D eigenvalue weighted by Crippen LogP contribution is 2.20.